The maximum atomic E-state index is 12.7. The van der Waals surface area contributed by atoms with Gasteiger partial charge in [-0.15, -0.1) is 0 Å². The van der Waals surface area contributed by atoms with Gasteiger partial charge in [-0.25, -0.2) is 8.42 Å². The molecule has 2 rings (SSSR count). The molecule has 0 radical (unpaired) electrons. The molecule has 1 amide bonds. The smallest absolute Gasteiger partial charge is 0.254 e. The molecule has 0 aromatic heterocycles. The zero-order valence-corrected chi connectivity index (χ0v) is 13.5. The number of likely N-dealkylation sites (N-methyl/N-ethyl adjacent to an activating group) is 1. The molecule has 1 aliphatic rings. The summed E-state index contributed by atoms with van der Waals surface area (Å²) in [6.07, 6.45) is 3.18. The summed E-state index contributed by atoms with van der Waals surface area (Å²) in [5, 5.41) is 3.20. The van der Waals surface area contributed by atoms with E-state index in [1.54, 1.807) is 17.0 Å². The molecule has 5 nitrogen and oxygen atoms in total. The van der Waals surface area contributed by atoms with Crippen LogP contribution < -0.4 is 5.32 Å². The summed E-state index contributed by atoms with van der Waals surface area (Å²) in [6, 6.07) is 5.05. The Morgan fingerprint density at radius 1 is 1.38 bits per heavy atom. The molecular formula is C15H22N2O3S. The van der Waals surface area contributed by atoms with E-state index in [1.807, 2.05) is 14.0 Å². The van der Waals surface area contributed by atoms with E-state index in [0.717, 1.165) is 31.2 Å². The van der Waals surface area contributed by atoms with Gasteiger partial charge in [0.05, 0.1) is 4.90 Å². The Labute approximate surface area is 126 Å². The molecule has 1 fully saturated rings. The first kappa shape index (κ1) is 16.0. The van der Waals surface area contributed by atoms with E-state index in [-0.39, 0.29) is 10.8 Å². The Balaban J connectivity index is 2.30. The summed E-state index contributed by atoms with van der Waals surface area (Å²) in [6.45, 7) is 3.22. The first-order valence-electron chi connectivity index (χ1n) is 7.10. The van der Waals surface area contributed by atoms with Crippen molar-refractivity contribution in [2.24, 2.45) is 0 Å². The van der Waals surface area contributed by atoms with E-state index in [0.29, 0.717) is 18.2 Å². The lowest BCUT2D eigenvalue weighted by Gasteiger charge is -2.33. The Morgan fingerprint density at radius 2 is 2.10 bits per heavy atom. The van der Waals surface area contributed by atoms with E-state index in [9.17, 15) is 13.2 Å². The third kappa shape index (κ3) is 3.63. The molecule has 116 valence electrons. The number of nitrogens with zero attached hydrogens (tertiary/aromatic N) is 1. The monoisotopic (exact) mass is 310 g/mol. The van der Waals surface area contributed by atoms with Gasteiger partial charge in [-0.3, -0.25) is 4.79 Å². The average molecular weight is 310 g/mol. The van der Waals surface area contributed by atoms with Crippen LogP contribution in [0.4, 0.5) is 0 Å². The molecule has 0 saturated carbocycles. The standard InChI is InChI=1S/C15H22N2O3S/c1-11-6-7-13(21(3,19)20)9-14(11)15(18)17-8-4-5-12(10-17)16-2/h6-7,9,12,16H,4-5,8,10H2,1-3H3/t12-/m0/s1. The minimum Gasteiger partial charge on any atom is -0.337 e. The largest absolute Gasteiger partial charge is 0.337 e. The van der Waals surface area contributed by atoms with Crippen LogP contribution in [0.1, 0.15) is 28.8 Å². The van der Waals surface area contributed by atoms with E-state index >= 15 is 0 Å². The topological polar surface area (TPSA) is 66.5 Å². The van der Waals surface area contributed by atoms with Crippen LogP contribution in [0.25, 0.3) is 0 Å². The van der Waals surface area contributed by atoms with Crippen LogP contribution >= 0.6 is 0 Å². The SMILES string of the molecule is CN[C@H]1CCCN(C(=O)c2cc(S(C)(=O)=O)ccc2C)C1. The van der Waals surface area contributed by atoms with Crippen LogP contribution in [-0.4, -0.2) is 51.7 Å². The van der Waals surface area contributed by atoms with Crippen molar-refractivity contribution < 1.29 is 13.2 Å². The van der Waals surface area contributed by atoms with E-state index in [4.69, 9.17) is 0 Å². The van der Waals surface area contributed by atoms with Gasteiger partial charge in [0, 0.05) is 31.0 Å². The van der Waals surface area contributed by atoms with Gasteiger partial charge in [0.2, 0.25) is 0 Å². The maximum Gasteiger partial charge on any atom is 0.254 e. The van der Waals surface area contributed by atoms with Crippen molar-refractivity contribution in [1.29, 1.82) is 0 Å². The fraction of sp³-hybridized carbons (Fsp3) is 0.533. The van der Waals surface area contributed by atoms with Crippen LogP contribution in [-0.2, 0) is 9.84 Å². The zero-order chi connectivity index (χ0) is 15.6. The highest BCUT2D eigenvalue weighted by Crippen LogP contribution is 2.19. The highest BCUT2D eigenvalue weighted by Gasteiger charge is 2.25. The minimum atomic E-state index is -3.30. The predicted molar refractivity (Wildman–Crippen MR) is 82.3 cm³/mol. The summed E-state index contributed by atoms with van der Waals surface area (Å²) in [5.41, 5.74) is 1.29. The number of likely N-dealkylation sites (tertiary alicyclic amines) is 1. The number of carbonyl (C=O) groups excluding carboxylic acids is 1. The van der Waals surface area contributed by atoms with Gasteiger partial charge in [0.15, 0.2) is 9.84 Å². The Hall–Kier alpha value is -1.40. The number of aryl methyl sites for hydroxylation is 1. The molecule has 0 aliphatic carbocycles. The predicted octanol–water partition coefficient (Wildman–Crippen LogP) is 1.22. The normalized spacial score (nSPS) is 19.6. The molecule has 1 aromatic rings. The van der Waals surface area contributed by atoms with Crippen molar-refractivity contribution in [3.05, 3.63) is 29.3 Å². The second-order valence-corrected chi connectivity index (χ2v) is 7.64. The summed E-state index contributed by atoms with van der Waals surface area (Å²) in [4.78, 5) is 14.7. The molecule has 1 saturated heterocycles. The summed E-state index contributed by atoms with van der Waals surface area (Å²) >= 11 is 0. The minimum absolute atomic E-state index is 0.0852. The van der Waals surface area contributed by atoms with Gasteiger partial charge < -0.3 is 10.2 Å². The van der Waals surface area contributed by atoms with Crippen molar-refractivity contribution in [2.75, 3.05) is 26.4 Å². The zero-order valence-electron chi connectivity index (χ0n) is 12.7. The summed E-state index contributed by atoms with van der Waals surface area (Å²) in [5.74, 6) is -0.0852. The first-order chi connectivity index (χ1) is 9.82. The van der Waals surface area contributed by atoms with Gasteiger partial charge in [-0.2, -0.15) is 0 Å². The van der Waals surface area contributed by atoms with Crippen LogP contribution in [0.2, 0.25) is 0 Å². The molecule has 6 heteroatoms. The molecule has 1 aromatic carbocycles. The number of amides is 1. The highest BCUT2D eigenvalue weighted by atomic mass is 32.2. The lowest BCUT2D eigenvalue weighted by atomic mass is 10.0. The molecular weight excluding hydrogens is 288 g/mol. The Bertz CT molecular complexity index is 640. The van der Waals surface area contributed by atoms with Crippen LogP contribution in [0.3, 0.4) is 0 Å². The maximum absolute atomic E-state index is 12.7. The number of piperidine rings is 1. The molecule has 1 N–H and O–H groups in total. The van der Waals surface area contributed by atoms with E-state index in [2.05, 4.69) is 5.32 Å². The van der Waals surface area contributed by atoms with E-state index in [1.165, 1.54) is 6.07 Å². The number of benzene rings is 1. The number of carbonyl (C=O) groups is 1. The molecule has 0 bridgehead atoms. The Kier molecular flexibility index (Phi) is 4.68. The van der Waals surface area contributed by atoms with Gasteiger partial charge in [0.25, 0.3) is 5.91 Å². The van der Waals surface area contributed by atoms with Gasteiger partial charge in [-0.05, 0) is 44.5 Å². The number of sulfone groups is 1. The van der Waals surface area contributed by atoms with Crippen molar-refractivity contribution in [2.45, 2.75) is 30.7 Å². The molecule has 21 heavy (non-hydrogen) atoms. The lowest BCUT2D eigenvalue weighted by molar-refractivity contribution is 0.0697. The molecule has 1 atom stereocenters. The first-order valence-corrected chi connectivity index (χ1v) is 8.99. The Morgan fingerprint density at radius 3 is 2.71 bits per heavy atom. The third-order valence-electron chi connectivity index (χ3n) is 3.98. The fourth-order valence-electron chi connectivity index (χ4n) is 2.63. The summed E-state index contributed by atoms with van der Waals surface area (Å²) in [7, 11) is -1.41. The molecule has 0 spiro atoms. The second kappa shape index (κ2) is 6.15. The van der Waals surface area contributed by atoms with Gasteiger partial charge in [0.1, 0.15) is 0 Å². The van der Waals surface area contributed by atoms with Crippen molar-refractivity contribution in [3.63, 3.8) is 0 Å². The van der Waals surface area contributed by atoms with Crippen LogP contribution in [0, 0.1) is 6.92 Å². The molecule has 1 aliphatic heterocycles. The second-order valence-electron chi connectivity index (χ2n) is 5.63. The fourth-order valence-corrected chi connectivity index (χ4v) is 3.28. The average Bonchev–Trinajstić information content (AvgIpc) is 2.46. The van der Waals surface area contributed by atoms with Gasteiger partial charge in [-0.1, -0.05) is 6.07 Å². The van der Waals surface area contributed by atoms with Crippen molar-refractivity contribution >= 4 is 15.7 Å². The highest BCUT2D eigenvalue weighted by molar-refractivity contribution is 7.90. The quantitative estimate of drug-likeness (QED) is 0.912. The van der Waals surface area contributed by atoms with E-state index < -0.39 is 9.84 Å². The molecule has 1 heterocycles. The van der Waals surface area contributed by atoms with Crippen molar-refractivity contribution in [1.82, 2.24) is 10.2 Å². The number of hydrogen-bond acceptors (Lipinski definition) is 4. The van der Waals surface area contributed by atoms with Crippen molar-refractivity contribution in [3.8, 4) is 0 Å². The summed E-state index contributed by atoms with van der Waals surface area (Å²) < 4.78 is 23.3. The van der Waals surface area contributed by atoms with Crippen LogP contribution in [0.5, 0.6) is 0 Å². The van der Waals surface area contributed by atoms with Gasteiger partial charge >= 0.3 is 0 Å². The lowest BCUT2D eigenvalue weighted by Crippen LogP contribution is -2.47. The number of hydrogen-bond donors (Lipinski definition) is 1. The van der Waals surface area contributed by atoms with Crippen LogP contribution in [0.15, 0.2) is 23.1 Å². The molecule has 0 unspecified atom stereocenters. The number of nitrogens with one attached hydrogen (secondary N) is 1. The number of rotatable bonds is 3. The third-order valence-corrected chi connectivity index (χ3v) is 5.09.